The largest absolute Gasteiger partial charge is 0.335 e. The van der Waals surface area contributed by atoms with Crippen molar-refractivity contribution < 1.29 is 9.18 Å². The van der Waals surface area contributed by atoms with Crippen LogP contribution in [0.5, 0.6) is 0 Å². The number of halogens is 1. The molecule has 4 heteroatoms. The zero-order chi connectivity index (χ0) is 15.1. The van der Waals surface area contributed by atoms with Crippen LogP contribution >= 0.6 is 11.3 Å². The van der Waals surface area contributed by atoms with E-state index in [1.54, 1.807) is 12.1 Å². The molecule has 0 spiro atoms. The number of thiophene rings is 1. The van der Waals surface area contributed by atoms with Crippen LogP contribution in [0.2, 0.25) is 0 Å². The van der Waals surface area contributed by atoms with Gasteiger partial charge in [-0.25, -0.2) is 4.39 Å². The lowest BCUT2D eigenvalue weighted by atomic mass is 10.2. The van der Waals surface area contributed by atoms with Gasteiger partial charge in [0.25, 0.3) is 5.91 Å². The molecule has 0 atom stereocenters. The monoisotopic (exact) mass is 315 g/mol. The number of benzene rings is 1. The fourth-order valence-corrected chi connectivity index (χ4v) is 3.69. The molecule has 114 valence electrons. The molecule has 0 radical (unpaired) electrons. The van der Waals surface area contributed by atoms with E-state index in [4.69, 9.17) is 0 Å². The van der Waals surface area contributed by atoms with Gasteiger partial charge in [0.15, 0.2) is 0 Å². The van der Waals surface area contributed by atoms with Gasteiger partial charge in [0, 0.05) is 17.5 Å². The average Bonchev–Trinajstić information content (AvgIpc) is 3.44. The first-order valence-corrected chi connectivity index (χ1v) is 8.69. The average molecular weight is 315 g/mol. The van der Waals surface area contributed by atoms with Crippen LogP contribution in [0.4, 0.5) is 4.39 Å². The molecule has 4 rings (SSSR count). The Labute approximate surface area is 133 Å². The third kappa shape index (κ3) is 2.93. The van der Waals surface area contributed by atoms with Crippen LogP contribution < -0.4 is 0 Å². The van der Waals surface area contributed by atoms with Crippen LogP contribution in [0.15, 0.2) is 36.4 Å². The van der Waals surface area contributed by atoms with Crippen molar-refractivity contribution >= 4 is 17.2 Å². The van der Waals surface area contributed by atoms with E-state index in [-0.39, 0.29) is 11.7 Å². The van der Waals surface area contributed by atoms with Gasteiger partial charge in [-0.3, -0.25) is 4.79 Å². The Morgan fingerprint density at radius 1 is 1.09 bits per heavy atom. The van der Waals surface area contributed by atoms with E-state index in [0.29, 0.717) is 6.04 Å². The van der Waals surface area contributed by atoms with Crippen molar-refractivity contribution in [2.45, 2.75) is 31.7 Å². The van der Waals surface area contributed by atoms with E-state index in [1.165, 1.54) is 36.3 Å². The van der Waals surface area contributed by atoms with E-state index in [9.17, 15) is 9.18 Å². The summed E-state index contributed by atoms with van der Waals surface area (Å²) in [5, 5.41) is 0. The molecule has 2 nitrogen and oxygen atoms in total. The minimum Gasteiger partial charge on any atom is -0.335 e. The van der Waals surface area contributed by atoms with Crippen LogP contribution in [0.25, 0.3) is 10.4 Å². The normalized spacial score (nSPS) is 17.5. The maximum Gasteiger partial charge on any atom is 0.264 e. The molecule has 22 heavy (non-hydrogen) atoms. The Kier molecular flexibility index (Phi) is 3.49. The molecule has 1 heterocycles. The summed E-state index contributed by atoms with van der Waals surface area (Å²) >= 11 is 1.51. The van der Waals surface area contributed by atoms with Crippen molar-refractivity contribution in [3.05, 3.63) is 47.1 Å². The lowest BCUT2D eigenvalue weighted by molar-refractivity contribution is 0.0739. The van der Waals surface area contributed by atoms with Crippen LogP contribution in [-0.2, 0) is 0 Å². The Morgan fingerprint density at radius 3 is 2.45 bits per heavy atom. The highest BCUT2D eigenvalue weighted by molar-refractivity contribution is 7.17. The molecular weight excluding hydrogens is 297 g/mol. The second-order valence-corrected chi connectivity index (χ2v) is 7.39. The van der Waals surface area contributed by atoms with Gasteiger partial charge >= 0.3 is 0 Å². The van der Waals surface area contributed by atoms with Crippen molar-refractivity contribution in [3.63, 3.8) is 0 Å². The van der Waals surface area contributed by atoms with Gasteiger partial charge in [-0.15, -0.1) is 11.3 Å². The molecule has 0 bridgehead atoms. The summed E-state index contributed by atoms with van der Waals surface area (Å²) in [7, 11) is 0. The molecule has 2 aliphatic carbocycles. The molecular formula is C18H18FNOS. The fourth-order valence-electron chi connectivity index (χ4n) is 2.73. The van der Waals surface area contributed by atoms with Crippen LogP contribution in [-0.4, -0.2) is 23.4 Å². The summed E-state index contributed by atoms with van der Waals surface area (Å²) in [5.74, 6) is 0.662. The summed E-state index contributed by atoms with van der Waals surface area (Å²) in [6, 6.07) is 10.8. The zero-order valence-electron chi connectivity index (χ0n) is 12.3. The molecule has 0 unspecified atom stereocenters. The summed E-state index contributed by atoms with van der Waals surface area (Å²) in [6.45, 7) is 0.924. The number of hydrogen-bond donors (Lipinski definition) is 0. The lowest BCUT2D eigenvalue weighted by Gasteiger charge is -2.21. The number of rotatable bonds is 5. The van der Waals surface area contributed by atoms with Crippen molar-refractivity contribution in [1.82, 2.24) is 4.90 Å². The number of nitrogens with zero attached hydrogens (tertiary/aromatic N) is 1. The minimum atomic E-state index is -0.235. The predicted octanol–water partition coefficient (Wildman–Crippen LogP) is 4.57. The van der Waals surface area contributed by atoms with E-state index < -0.39 is 0 Å². The van der Waals surface area contributed by atoms with Gasteiger partial charge in [-0.2, -0.15) is 0 Å². The molecule has 2 aliphatic rings. The standard InChI is InChI=1S/C18H18FNOS/c19-14-5-3-13(4-6-14)16-9-10-17(22-16)18(21)20(15-7-8-15)11-12-1-2-12/h3-6,9-10,12,15H,1-2,7-8,11H2. The van der Waals surface area contributed by atoms with Crippen LogP contribution in [0.3, 0.4) is 0 Å². The highest BCUT2D eigenvalue weighted by atomic mass is 32.1. The molecule has 0 aliphatic heterocycles. The fraction of sp³-hybridized carbons (Fsp3) is 0.389. The number of carbonyl (C=O) groups excluding carboxylic acids is 1. The first kappa shape index (κ1) is 13.9. The van der Waals surface area contributed by atoms with Crippen molar-refractivity contribution in [2.75, 3.05) is 6.54 Å². The number of amides is 1. The van der Waals surface area contributed by atoms with Crippen molar-refractivity contribution in [1.29, 1.82) is 0 Å². The van der Waals surface area contributed by atoms with Crippen LogP contribution in [0.1, 0.15) is 35.4 Å². The Balaban J connectivity index is 1.54. The lowest BCUT2D eigenvalue weighted by Crippen LogP contribution is -2.34. The third-order valence-corrected chi connectivity index (χ3v) is 5.47. The van der Waals surface area contributed by atoms with E-state index in [2.05, 4.69) is 4.90 Å². The summed E-state index contributed by atoms with van der Waals surface area (Å²) < 4.78 is 13.0. The second kappa shape index (κ2) is 5.51. The Bertz CT molecular complexity index is 685. The van der Waals surface area contributed by atoms with Gasteiger partial charge in [0.05, 0.1) is 4.88 Å². The zero-order valence-corrected chi connectivity index (χ0v) is 13.1. The van der Waals surface area contributed by atoms with Crippen molar-refractivity contribution in [3.8, 4) is 10.4 Å². The first-order chi connectivity index (χ1) is 10.7. The van der Waals surface area contributed by atoms with Gasteiger partial charge in [0.1, 0.15) is 5.82 Å². The summed E-state index contributed by atoms with van der Waals surface area (Å²) in [4.78, 5) is 16.7. The van der Waals surface area contributed by atoms with Gasteiger partial charge < -0.3 is 4.90 Å². The third-order valence-electron chi connectivity index (χ3n) is 4.35. The molecule has 2 saturated carbocycles. The quantitative estimate of drug-likeness (QED) is 0.791. The topological polar surface area (TPSA) is 20.3 Å². The molecule has 0 N–H and O–H groups in total. The minimum absolute atomic E-state index is 0.174. The molecule has 0 saturated heterocycles. The SMILES string of the molecule is O=C(c1ccc(-c2ccc(F)cc2)s1)N(CC1CC1)C1CC1. The highest BCUT2D eigenvalue weighted by Crippen LogP contribution is 2.37. The smallest absolute Gasteiger partial charge is 0.264 e. The predicted molar refractivity (Wildman–Crippen MR) is 86.5 cm³/mol. The van der Waals surface area contributed by atoms with Gasteiger partial charge in [-0.05, 0) is 61.4 Å². The van der Waals surface area contributed by atoms with E-state index >= 15 is 0 Å². The highest BCUT2D eigenvalue weighted by Gasteiger charge is 2.37. The van der Waals surface area contributed by atoms with Crippen molar-refractivity contribution in [2.24, 2.45) is 5.92 Å². The summed E-state index contributed by atoms with van der Waals surface area (Å²) in [6.07, 6.45) is 4.83. The summed E-state index contributed by atoms with van der Waals surface area (Å²) in [5.41, 5.74) is 0.964. The molecule has 2 aromatic rings. The maximum atomic E-state index is 13.0. The van der Waals surface area contributed by atoms with Crippen LogP contribution in [0, 0.1) is 11.7 Å². The van der Waals surface area contributed by atoms with E-state index in [0.717, 1.165) is 40.6 Å². The first-order valence-electron chi connectivity index (χ1n) is 7.87. The molecule has 1 aromatic heterocycles. The second-order valence-electron chi connectivity index (χ2n) is 6.30. The Hall–Kier alpha value is -1.68. The molecule has 1 amide bonds. The number of carbonyl (C=O) groups is 1. The van der Waals surface area contributed by atoms with Gasteiger partial charge in [-0.1, -0.05) is 12.1 Å². The maximum absolute atomic E-state index is 13.0. The van der Waals surface area contributed by atoms with Gasteiger partial charge in [0.2, 0.25) is 0 Å². The number of hydrogen-bond acceptors (Lipinski definition) is 2. The van der Waals surface area contributed by atoms with E-state index in [1.807, 2.05) is 12.1 Å². The molecule has 1 aromatic carbocycles. The molecule has 2 fully saturated rings. The Morgan fingerprint density at radius 2 is 1.82 bits per heavy atom.